The fourth-order valence-corrected chi connectivity index (χ4v) is 3.13. The zero-order chi connectivity index (χ0) is 17.1. The van der Waals surface area contributed by atoms with Gasteiger partial charge in [0, 0.05) is 23.7 Å². The van der Waals surface area contributed by atoms with Gasteiger partial charge in [-0.2, -0.15) is 0 Å². The Labute approximate surface area is 145 Å². The molecule has 2 heterocycles. The van der Waals surface area contributed by atoms with Crippen LogP contribution in [0.2, 0.25) is 0 Å². The molecule has 0 atom stereocenters. The average Bonchev–Trinajstić information content (AvgIpc) is 2.98. The van der Waals surface area contributed by atoms with E-state index in [1.165, 1.54) is 17.4 Å². The number of anilines is 1. The van der Waals surface area contributed by atoms with Gasteiger partial charge in [0.2, 0.25) is 0 Å². The molecule has 1 amide bonds. The van der Waals surface area contributed by atoms with Gasteiger partial charge in [-0.15, -0.1) is 11.3 Å². The van der Waals surface area contributed by atoms with Crippen molar-refractivity contribution in [1.29, 1.82) is 0 Å². The SMILES string of the molecule is O=C(Nc1ncc(Cc2ccc(F)c(F)c2)s1)c1ccc[nH]c1=S. The third kappa shape index (κ3) is 3.72. The van der Waals surface area contributed by atoms with E-state index in [0.717, 1.165) is 17.0 Å². The van der Waals surface area contributed by atoms with Crippen molar-refractivity contribution < 1.29 is 13.6 Å². The van der Waals surface area contributed by atoms with Crippen molar-refractivity contribution in [2.75, 3.05) is 5.32 Å². The van der Waals surface area contributed by atoms with E-state index in [0.29, 0.717) is 27.3 Å². The number of carbonyl (C=O) groups excluding carboxylic acids is 1. The summed E-state index contributed by atoms with van der Waals surface area (Å²) in [5.41, 5.74) is 0.978. The molecule has 3 rings (SSSR count). The first-order valence-electron chi connectivity index (χ1n) is 6.90. The zero-order valence-electron chi connectivity index (χ0n) is 12.2. The minimum absolute atomic E-state index is 0.341. The first kappa shape index (κ1) is 16.4. The highest BCUT2D eigenvalue weighted by Crippen LogP contribution is 2.22. The number of nitrogens with zero attached hydrogens (tertiary/aromatic N) is 1. The van der Waals surface area contributed by atoms with Gasteiger partial charge in [-0.1, -0.05) is 18.3 Å². The van der Waals surface area contributed by atoms with Crippen molar-refractivity contribution in [3.63, 3.8) is 0 Å². The first-order chi connectivity index (χ1) is 11.5. The molecule has 0 radical (unpaired) electrons. The number of halogens is 2. The van der Waals surface area contributed by atoms with Gasteiger partial charge in [0.25, 0.3) is 5.91 Å². The van der Waals surface area contributed by atoms with Crippen LogP contribution in [0.1, 0.15) is 20.8 Å². The Bertz CT molecular complexity index is 952. The van der Waals surface area contributed by atoms with E-state index >= 15 is 0 Å². The summed E-state index contributed by atoms with van der Waals surface area (Å²) in [5, 5.41) is 3.09. The molecule has 0 saturated carbocycles. The number of thiazole rings is 1. The fourth-order valence-electron chi connectivity index (χ4n) is 2.06. The van der Waals surface area contributed by atoms with Gasteiger partial charge in [-0.05, 0) is 29.8 Å². The standard InChI is InChI=1S/C16H11F2N3OS2/c17-12-4-3-9(7-13(12)18)6-10-8-20-16(24-10)21-14(22)11-2-1-5-19-15(11)23/h1-5,7-8H,6H2,(H,19,23)(H,20,21,22). The predicted octanol–water partition coefficient (Wildman–Crippen LogP) is 4.32. The highest BCUT2D eigenvalue weighted by molar-refractivity contribution is 7.71. The molecule has 0 unspecified atom stereocenters. The monoisotopic (exact) mass is 363 g/mol. The smallest absolute Gasteiger partial charge is 0.260 e. The Kier molecular flexibility index (Phi) is 4.77. The third-order valence-electron chi connectivity index (χ3n) is 3.20. The van der Waals surface area contributed by atoms with Crippen molar-refractivity contribution in [2.24, 2.45) is 0 Å². The summed E-state index contributed by atoms with van der Waals surface area (Å²) in [4.78, 5) is 19.9. The number of pyridine rings is 1. The Balaban J connectivity index is 1.71. The van der Waals surface area contributed by atoms with Crippen LogP contribution < -0.4 is 5.32 Å². The fraction of sp³-hybridized carbons (Fsp3) is 0.0625. The van der Waals surface area contributed by atoms with Crippen LogP contribution in [0.25, 0.3) is 0 Å². The minimum Gasteiger partial charge on any atom is -0.352 e. The van der Waals surface area contributed by atoms with Crippen LogP contribution in [-0.2, 0) is 6.42 Å². The second kappa shape index (κ2) is 6.98. The Morgan fingerprint density at radius 1 is 1.29 bits per heavy atom. The van der Waals surface area contributed by atoms with E-state index in [2.05, 4.69) is 15.3 Å². The normalized spacial score (nSPS) is 10.6. The lowest BCUT2D eigenvalue weighted by molar-refractivity contribution is 0.102. The van der Waals surface area contributed by atoms with Crippen LogP contribution in [0.5, 0.6) is 0 Å². The molecule has 2 aromatic heterocycles. The van der Waals surface area contributed by atoms with Crippen LogP contribution in [0.4, 0.5) is 13.9 Å². The van der Waals surface area contributed by atoms with Crippen LogP contribution in [0.15, 0.2) is 42.7 Å². The third-order valence-corrected chi connectivity index (χ3v) is 4.45. The zero-order valence-corrected chi connectivity index (χ0v) is 13.8. The van der Waals surface area contributed by atoms with Gasteiger partial charge >= 0.3 is 0 Å². The van der Waals surface area contributed by atoms with Gasteiger partial charge in [0.05, 0.1) is 5.56 Å². The molecule has 3 aromatic rings. The number of amides is 1. The summed E-state index contributed by atoms with van der Waals surface area (Å²) in [6.07, 6.45) is 3.63. The number of rotatable bonds is 4. The Hall–Kier alpha value is -2.45. The molecule has 8 heteroatoms. The average molecular weight is 363 g/mol. The molecule has 0 bridgehead atoms. The van der Waals surface area contributed by atoms with E-state index in [1.807, 2.05) is 0 Å². The molecular weight excluding hydrogens is 352 g/mol. The highest BCUT2D eigenvalue weighted by Gasteiger charge is 2.11. The molecule has 122 valence electrons. The topological polar surface area (TPSA) is 57.8 Å². The van der Waals surface area contributed by atoms with Crippen molar-refractivity contribution in [1.82, 2.24) is 9.97 Å². The van der Waals surface area contributed by atoms with Gasteiger partial charge in [-0.3, -0.25) is 10.1 Å². The molecule has 0 aliphatic heterocycles. The van der Waals surface area contributed by atoms with Crippen LogP contribution >= 0.6 is 23.6 Å². The summed E-state index contributed by atoms with van der Waals surface area (Å²) in [6.45, 7) is 0. The Morgan fingerprint density at radius 3 is 2.88 bits per heavy atom. The molecule has 24 heavy (non-hydrogen) atoms. The first-order valence-corrected chi connectivity index (χ1v) is 8.13. The highest BCUT2D eigenvalue weighted by atomic mass is 32.1. The lowest BCUT2D eigenvalue weighted by atomic mass is 10.1. The maximum absolute atomic E-state index is 13.2. The predicted molar refractivity (Wildman–Crippen MR) is 90.9 cm³/mol. The van der Waals surface area contributed by atoms with E-state index in [-0.39, 0.29) is 5.91 Å². The summed E-state index contributed by atoms with van der Waals surface area (Å²) in [5.74, 6) is -2.12. The van der Waals surface area contributed by atoms with Gasteiger partial charge in [-0.25, -0.2) is 13.8 Å². The number of aromatic amines is 1. The van der Waals surface area contributed by atoms with E-state index in [4.69, 9.17) is 12.2 Å². The number of carbonyl (C=O) groups is 1. The lowest BCUT2D eigenvalue weighted by Gasteiger charge is -2.01. The molecule has 0 spiro atoms. The number of H-pyrrole nitrogens is 1. The molecule has 0 aliphatic rings. The van der Waals surface area contributed by atoms with E-state index < -0.39 is 11.6 Å². The van der Waals surface area contributed by atoms with E-state index in [1.54, 1.807) is 24.5 Å². The van der Waals surface area contributed by atoms with Crippen molar-refractivity contribution in [2.45, 2.75) is 6.42 Å². The second-order valence-corrected chi connectivity index (χ2v) is 6.45. The largest absolute Gasteiger partial charge is 0.352 e. The summed E-state index contributed by atoms with van der Waals surface area (Å²) < 4.78 is 26.5. The molecule has 0 fully saturated rings. The Morgan fingerprint density at radius 2 is 2.12 bits per heavy atom. The van der Waals surface area contributed by atoms with Crippen LogP contribution in [0.3, 0.4) is 0 Å². The second-order valence-electron chi connectivity index (χ2n) is 4.92. The molecule has 4 nitrogen and oxygen atoms in total. The van der Waals surface area contributed by atoms with Crippen molar-refractivity contribution in [3.8, 4) is 0 Å². The minimum atomic E-state index is -0.885. The number of hydrogen-bond acceptors (Lipinski definition) is 4. The van der Waals surface area contributed by atoms with Gasteiger partial charge in [0.15, 0.2) is 16.8 Å². The van der Waals surface area contributed by atoms with Gasteiger partial charge < -0.3 is 4.98 Å². The molecular formula is C16H11F2N3OS2. The molecule has 2 N–H and O–H groups in total. The molecule has 1 aromatic carbocycles. The van der Waals surface area contributed by atoms with E-state index in [9.17, 15) is 13.6 Å². The summed E-state index contributed by atoms with van der Waals surface area (Å²) in [7, 11) is 0. The number of aromatic nitrogens is 2. The lowest BCUT2D eigenvalue weighted by Crippen LogP contribution is -2.12. The number of benzene rings is 1. The van der Waals surface area contributed by atoms with Crippen molar-refractivity contribution in [3.05, 3.63) is 75.0 Å². The van der Waals surface area contributed by atoms with Crippen LogP contribution in [-0.4, -0.2) is 15.9 Å². The molecule has 0 saturated heterocycles. The van der Waals surface area contributed by atoms with Gasteiger partial charge in [0.1, 0.15) is 4.64 Å². The quantitative estimate of drug-likeness (QED) is 0.679. The molecule has 0 aliphatic carbocycles. The van der Waals surface area contributed by atoms with Crippen LogP contribution in [0, 0.1) is 16.3 Å². The summed E-state index contributed by atoms with van der Waals surface area (Å²) >= 11 is 6.32. The number of hydrogen-bond donors (Lipinski definition) is 2. The maximum atomic E-state index is 13.2. The number of nitrogens with one attached hydrogen (secondary N) is 2. The van der Waals surface area contributed by atoms with Crippen molar-refractivity contribution >= 4 is 34.6 Å². The summed E-state index contributed by atoms with van der Waals surface area (Å²) in [6, 6.07) is 7.05. The maximum Gasteiger partial charge on any atom is 0.260 e.